The summed E-state index contributed by atoms with van der Waals surface area (Å²) in [6.07, 6.45) is 1.65. The van der Waals surface area contributed by atoms with E-state index in [1.807, 2.05) is 6.92 Å². The maximum absolute atomic E-state index is 12.5. The van der Waals surface area contributed by atoms with E-state index in [9.17, 15) is 13.2 Å². The van der Waals surface area contributed by atoms with Crippen molar-refractivity contribution in [2.75, 3.05) is 0 Å². The lowest BCUT2D eigenvalue weighted by Gasteiger charge is -2.08. The molecular weight excluding hydrogens is 468 g/mol. The Balaban J connectivity index is 1.52. The van der Waals surface area contributed by atoms with E-state index >= 15 is 0 Å². The number of hydrogen-bond acceptors (Lipinski definition) is 6. The topological polar surface area (TPSA) is 84.8 Å². The Labute approximate surface area is 195 Å². The van der Waals surface area contributed by atoms with Crippen LogP contribution in [-0.2, 0) is 14.9 Å². The Kier molecular flexibility index (Phi) is 6.36. The van der Waals surface area contributed by atoms with Crippen LogP contribution in [0.5, 0.6) is 5.75 Å². The molecule has 1 aliphatic heterocycles. The van der Waals surface area contributed by atoms with Crippen LogP contribution in [0.1, 0.15) is 11.1 Å². The zero-order valence-electron chi connectivity index (χ0n) is 16.8. The molecule has 4 rings (SSSR count). The molecule has 1 amide bonds. The fraction of sp³-hybridized carbons (Fsp3) is 0.0435. The Morgan fingerprint density at radius 1 is 1.03 bits per heavy atom. The highest BCUT2D eigenvalue weighted by Crippen LogP contribution is 2.29. The number of thioether (sulfide) groups is 1. The van der Waals surface area contributed by atoms with Crippen molar-refractivity contribution in [2.24, 2.45) is 4.99 Å². The molecule has 1 aliphatic rings. The van der Waals surface area contributed by atoms with E-state index in [0.717, 1.165) is 5.56 Å². The molecule has 1 heterocycles. The van der Waals surface area contributed by atoms with Gasteiger partial charge < -0.3 is 9.50 Å². The number of carbonyl (C=O) groups is 1. The molecule has 0 unspecified atom stereocenters. The number of aryl methyl sites for hydroxylation is 1. The standard InChI is InChI=1S/C23H17ClN2O4S2/c1-15-5-11-20(12-6-15)32(28,29)30-19-4-2-3-16(13-19)14-21-22(27)26-23(31-21)25-18-9-7-17(24)8-10-18/h2-14H,1H3,(H,25,26,27)/b21-14+. The minimum Gasteiger partial charge on any atom is -0.379 e. The molecule has 9 heteroatoms. The summed E-state index contributed by atoms with van der Waals surface area (Å²) >= 11 is 7.07. The molecule has 3 aromatic carbocycles. The molecule has 0 saturated carbocycles. The normalized spacial score (nSPS) is 16.4. The third-order valence-electron chi connectivity index (χ3n) is 4.38. The minimum absolute atomic E-state index is 0.0700. The van der Waals surface area contributed by atoms with Gasteiger partial charge in [0.1, 0.15) is 10.6 Å². The molecule has 0 aliphatic carbocycles. The van der Waals surface area contributed by atoms with Crippen molar-refractivity contribution in [1.82, 2.24) is 5.32 Å². The van der Waals surface area contributed by atoms with Crippen LogP contribution < -0.4 is 9.50 Å². The summed E-state index contributed by atoms with van der Waals surface area (Å²) in [4.78, 5) is 17.2. The smallest absolute Gasteiger partial charge is 0.339 e. The third-order valence-corrected chi connectivity index (χ3v) is 6.80. The number of nitrogens with zero attached hydrogens (tertiary/aromatic N) is 1. The second-order valence-corrected chi connectivity index (χ2v) is 9.89. The van der Waals surface area contributed by atoms with Crippen molar-refractivity contribution in [3.05, 3.63) is 93.9 Å². The van der Waals surface area contributed by atoms with Crippen molar-refractivity contribution in [3.8, 4) is 5.75 Å². The van der Waals surface area contributed by atoms with Crippen LogP contribution in [0.2, 0.25) is 5.02 Å². The number of benzene rings is 3. The van der Waals surface area contributed by atoms with Crippen molar-refractivity contribution in [1.29, 1.82) is 0 Å². The molecule has 1 N–H and O–H groups in total. The predicted octanol–water partition coefficient (Wildman–Crippen LogP) is 5.31. The van der Waals surface area contributed by atoms with E-state index in [0.29, 0.717) is 26.3 Å². The van der Waals surface area contributed by atoms with Gasteiger partial charge in [0.05, 0.1) is 10.6 Å². The zero-order valence-corrected chi connectivity index (χ0v) is 19.2. The van der Waals surface area contributed by atoms with Crippen molar-refractivity contribution < 1.29 is 17.4 Å². The van der Waals surface area contributed by atoms with Crippen LogP contribution in [0.15, 0.2) is 87.6 Å². The van der Waals surface area contributed by atoms with E-state index in [1.54, 1.807) is 66.7 Å². The number of carbonyl (C=O) groups excluding carboxylic acids is 1. The second-order valence-electron chi connectivity index (χ2n) is 6.88. The molecule has 0 radical (unpaired) electrons. The number of hydrogen-bond donors (Lipinski definition) is 1. The van der Waals surface area contributed by atoms with E-state index in [1.165, 1.54) is 23.9 Å². The fourth-order valence-corrected chi connectivity index (χ4v) is 4.69. The molecule has 0 bridgehead atoms. The molecule has 3 aromatic rings. The Bertz CT molecular complexity index is 1330. The average molecular weight is 485 g/mol. The monoisotopic (exact) mass is 484 g/mol. The first-order valence-corrected chi connectivity index (χ1v) is 12.1. The Morgan fingerprint density at radius 3 is 2.47 bits per heavy atom. The lowest BCUT2D eigenvalue weighted by Crippen LogP contribution is -2.19. The molecular formula is C23H17ClN2O4S2. The summed E-state index contributed by atoms with van der Waals surface area (Å²) in [5.41, 5.74) is 2.23. The number of amides is 1. The molecule has 32 heavy (non-hydrogen) atoms. The molecule has 162 valence electrons. The van der Waals surface area contributed by atoms with Gasteiger partial charge in [0.25, 0.3) is 5.91 Å². The van der Waals surface area contributed by atoms with E-state index in [-0.39, 0.29) is 16.6 Å². The number of halogens is 1. The summed E-state index contributed by atoms with van der Waals surface area (Å²) in [6, 6.07) is 19.8. The van der Waals surface area contributed by atoms with Gasteiger partial charge in [0, 0.05) is 5.02 Å². The van der Waals surface area contributed by atoms with Gasteiger partial charge in [0.15, 0.2) is 5.17 Å². The van der Waals surface area contributed by atoms with E-state index in [2.05, 4.69) is 10.3 Å². The summed E-state index contributed by atoms with van der Waals surface area (Å²) in [5.74, 6) is -0.139. The summed E-state index contributed by atoms with van der Waals surface area (Å²) in [7, 11) is -3.97. The molecule has 0 aromatic heterocycles. The number of aliphatic imine (C=N–C) groups is 1. The van der Waals surface area contributed by atoms with Gasteiger partial charge >= 0.3 is 10.1 Å². The molecule has 6 nitrogen and oxygen atoms in total. The fourth-order valence-electron chi connectivity index (χ4n) is 2.80. The van der Waals surface area contributed by atoms with Crippen LogP contribution in [0.3, 0.4) is 0 Å². The van der Waals surface area contributed by atoms with Gasteiger partial charge in [-0.3, -0.25) is 4.79 Å². The highest BCUT2D eigenvalue weighted by molar-refractivity contribution is 8.18. The number of rotatable bonds is 5. The van der Waals surface area contributed by atoms with Crippen molar-refractivity contribution in [2.45, 2.75) is 11.8 Å². The minimum atomic E-state index is -3.97. The molecule has 1 saturated heterocycles. The van der Waals surface area contributed by atoms with Crippen molar-refractivity contribution in [3.63, 3.8) is 0 Å². The van der Waals surface area contributed by atoms with Crippen molar-refractivity contribution >= 4 is 56.3 Å². The highest BCUT2D eigenvalue weighted by atomic mass is 35.5. The zero-order chi connectivity index (χ0) is 22.7. The maximum atomic E-state index is 12.5. The van der Waals surface area contributed by atoms with Crippen LogP contribution in [0.4, 0.5) is 5.69 Å². The summed E-state index contributed by atoms with van der Waals surface area (Å²) < 4.78 is 30.3. The van der Waals surface area contributed by atoms with E-state index in [4.69, 9.17) is 15.8 Å². The maximum Gasteiger partial charge on any atom is 0.339 e. The molecule has 0 atom stereocenters. The SMILES string of the molecule is Cc1ccc(S(=O)(=O)Oc2cccc(/C=C3/SC(=Nc4ccc(Cl)cc4)NC3=O)c2)cc1. The number of amidine groups is 1. The quantitative estimate of drug-likeness (QED) is 0.392. The van der Waals surface area contributed by atoms with Gasteiger partial charge in [-0.25, -0.2) is 4.99 Å². The Morgan fingerprint density at radius 2 is 1.75 bits per heavy atom. The van der Waals surface area contributed by atoms with Crippen LogP contribution >= 0.6 is 23.4 Å². The van der Waals surface area contributed by atoms with E-state index < -0.39 is 10.1 Å². The summed E-state index contributed by atoms with van der Waals surface area (Å²) in [6.45, 7) is 1.87. The van der Waals surface area contributed by atoms with Gasteiger partial charge in [-0.1, -0.05) is 41.4 Å². The molecule has 1 fully saturated rings. The largest absolute Gasteiger partial charge is 0.379 e. The average Bonchev–Trinajstić information content (AvgIpc) is 3.08. The summed E-state index contributed by atoms with van der Waals surface area (Å²) in [5, 5.41) is 3.76. The lowest BCUT2D eigenvalue weighted by atomic mass is 10.2. The first-order chi connectivity index (χ1) is 15.3. The third kappa shape index (κ3) is 5.40. The first-order valence-electron chi connectivity index (χ1n) is 9.45. The lowest BCUT2D eigenvalue weighted by molar-refractivity contribution is -0.115. The van der Waals surface area contributed by atoms with Gasteiger partial charge in [0.2, 0.25) is 0 Å². The van der Waals surface area contributed by atoms with Crippen LogP contribution in [0, 0.1) is 6.92 Å². The molecule has 0 spiro atoms. The number of nitrogens with one attached hydrogen (secondary N) is 1. The Hall–Kier alpha value is -3.07. The van der Waals surface area contributed by atoms with Crippen LogP contribution in [0.25, 0.3) is 6.08 Å². The second kappa shape index (κ2) is 9.20. The van der Waals surface area contributed by atoms with Gasteiger partial charge in [-0.15, -0.1) is 0 Å². The van der Waals surface area contributed by atoms with Gasteiger partial charge in [-0.05, 0) is 78.9 Å². The van der Waals surface area contributed by atoms with Crippen LogP contribution in [-0.4, -0.2) is 19.5 Å². The van der Waals surface area contributed by atoms with Gasteiger partial charge in [-0.2, -0.15) is 8.42 Å². The highest BCUT2D eigenvalue weighted by Gasteiger charge is 2.24. The first kappa shape index (κ1) is 22.1. The predicted molar refractivity (Wildman–Crippen MR) is 128 cm³/mol.